The summed E-state index contributed by atoms with van der Waals surface area (Å²) in [6.45, 7) is 4.38. The molecule has 3 nitrogen and oxygen atoms in total. The molecular weight excluding hydrogens is 226 g/mol. The fraction of sp³-hybridized carbons (Fsp3) is 0.600. The second-order valence-electron chi connectivity index (χ2n) is 4.87. The lowest BCUT2D eigenvalue weighted by Gasteiger charge is -2.18. The predicted octanol–water partition coefficient (Wildman–Crippen LogP) is 3.39. The molecule has 2 atom stereocenters. The second-order valence-corrected chi connectivity index (χ2v) is 4.87. The van der Waals surface area contributed by atoms with Crippen molar-refractivity contribution in [2.75, 3.05) is 7.11 Å². The van der Waals surface area contributed by atoms with E-state index < -0.39 is 0 Å². The first-order valence-corrected chi connectivity index (χ1v) is 6.88. The first-order chi connectivity index (χ1) is 8.80. The van der Waals surface area contributed by atoms with Crippen molar-refractivity contribution in [2.24, 2.45) is 0 Å². The van der Waals surface area contributed by atoms with Gasteiger partial charge in [0, 0.05) is 5.56 Å². The van der Waals surface area contributed by atoms with Crippen LogP contribution in [0.4, 0.5) is 0 Å². The van der Waals surface area contributed by atoms with E-state index in [2.05, 4.69) is 37.5 Å². The Morgan fingerprint density at radius 1 is 1.28 bits per heavy atom. The van der Waals surface area contributed by atoms with Crippen molar-refractivity contribution < 1.29 is 9.57 Å². The van der Waals surface area contributed by atoms with Crippen LogP contribution in [0, 0.1) is 0 Å². The van der Waals surface area contributed by atoms with Gasteiger partial charge in [-0.05, 0) is 24.5 Å². The molecule has 0 saturated carbocycles. The summed E-state index contributed by atoms with van der Waals surface area (Å²) in [6, 6.07) is 6.67. The lowest BCUT2D eigenvalue weighted by atomic mass is 9.98. The molecule has 18 heavy (non-hydrogen) atoms. The zero-order chi connectivity index (χ0) is 13.0. The number of nitrogens with one attached hydrogen (secondary N) is 1. The van der Waals surface area contributed by atoms with Gasteiger partial charge < -0.3 is 9.57 Å². The number of rotatable bonds is 6. The standard InChI is InChI=1S/C15H23NO2/c1-4-6-11-8-9-13-12(10-11)15(16-17-3)14(18-13)7-5-2/h8-10,14-16H,4-7H2,1-3H3. The molecule has 1 N–H and O–H groups in total. The molecule has 0 aromatic heterocycles. The molecule has 0 bridgehead atoms. The van der Waals surface area contributed by atoms with Gasteiger partial charge in [0.2, 0.25) is 0 Å². The first kappa shape index (κ1) is 13.4. The van der Waals surface area contributed by atoms with Crippen molar-refractivity contribution in [1.29, 1.82) is 0 Å². The van der Waals surface area contributed by atoms with E-state index in [1.54, 1.807) is 7.11 Å². The molecule has 3 heteroatoms. The van der Waals surface area contributed by atoms with Crippen molar-refractivity contribution in [1.82, 2.24) is 5.48 Å². The van der Waals surface area contributed by atoms with Crippen LogP contribution in [-0.2, 0) is 11.3 Å². The molecule has 2 rings (SSSR count). The summed E-state index contributed by atoms with van der Waals surface area (Å²) in [5, 5.41) is 0. The fourth-order valence-corrected chi connectivity index (χ4v) is 2.60. The molecule has 0 aliphatic carbocycles. The highest BCUT2D eigenvalue weighted by molar-refractivity contribution is 5.43. The summed E-state index contributed by atoms with van der Waals surface area (Å²) in [5.74, 6) is 1.00. The molecule has 0 radical (unpaired) electrons. The van der Waals surface area contributed by atoms with Crippen LogP contribution >= 0.6 is 0 Å². The Balaban J connectivity index is 2.23. The average molecular weight is 249 g/mol. The third-order valence-corrected chi connectivity index (χ3v) is 3.42. The van der Waals surface area contributed by atoms with Crippen LogP contribution in [0.1, 0.15) is 50.3 Å². The first-order valence-electron chi connectivity index (χ1n) is 6.88. The highest BCUT2D eigenvalue weighted by Crippen LogP contribution is 2.39. The maximum atomic E-state index is 6.00. The zero-order valence-corrected chi connectivity index (χ0v) is 11.5. The molecule has 0 saturated heterocycles. The van der Waals surface area contributed by atoms with E-state index in [0.29, 0.717) is 0 Å². The van der Waals surface area contributed by atoms with Gasteiger partial charge in [-0.2, -0.15) is 5.48 Å². The third kappa shape index (κ3) is 2.68. The molecule has 1 aliphatic heterocycles. The van der Waals surface area contributed by atoms with Gasteiger partial charge in [-0.25, -0.2) is 0 Å². The Morgan fingerprint density at radius 3 is 2.78 bits per heavy atom. The van der Waals surface area contributed by atoms with Crippen molar-refractivity contribution in [3.05, 3.63) is 29.3 Å². The Labute approximate surface area is 109 Å². The van der Waals surface area contributed by atoms with Gasteiger partial charge in [0.05, 0.1) is 13.2 Å². The van der Waals surface area contributed by atoms with Crippen LogP contribution in [-0.4, -0.2) is 13.2 Å². The van der Waals surface area contributed by atoms with E-state index in [0.717, 1.165) is 25.0 Å². The van der Waals surface area contributed by atoms with Gasteiger partial charge in [0.25, 0.3) is 0 Å². The molecule has 2 unspecified atom stereocenters. The van der Waals surface area contributed by atoms with Crippen LogP contribution in [0.2, 0.25) is 0 Å². The third-order valence-electron chi connectivity index (χ3n) is 3.42. The van der Waals surface area contributed by atoms with Crippen molar-refractivity contribution in [3.63, 3.8) is 0 Å². The van der Waals surface area contributed by atoms with Gasteiger partial charge in [0.1, 0.15) is 11.9 Å². The minimum absolute atomic E-state index is 0.154. The lowest BCUT2D eigenvalue weighted by molar-refractivity contribution is 0.0269. The highest BCUT2D eigenvalue weighted by atomic mass is 16.6. The van der Waals surface area contributed by atoms with Gasteiger partial charge in [-0.1, -0.05) is 38.8 Å². The van der Waals surface area contributed by atoms with Crippen LogP contribution < -0.4 is 10.2 Å². The van der Waals surface area contributed by atoms with E-state index in [1.807, 2.05) is 0 Å². The average Bonchev–Trinajstić information content (AvgIpc) is 2.69. The Kier molecular flexibility index (Phi) is 4.61. The Morgan fingerprint density at radius 2 is 2.11 bits per heavy atom. The number of aryl methyl sites for hydroxylation is 1. The second kappa shape index (κ2) is 6.21. The van der Waals surface area contributed by atoms with Crippen molar-refractivity contribution in [3.8, 4) is 5.75 Å². The maximum Gasteiger partial charge on any atom is 0.124 e. The van der Waals surface area contributed by atoms with E-state index >= 15 is 0 Å². The SMILES string of the molecule is CCCc1ccc2c(c1)C(NOC)C(CCC)O2. The minimum atomic E-state index is 0.154. The van der Waals surface area contributed by atoms with Gasteiger partial charge in [-0.15, -0.1) is 0 Å². The molecule has 1 aliphatic rings. The van der Waals surface area contributed by atoms with Crippen molar-refractivity contribution in [2.45, 2.75) is 51.7 Å². The molecule has 0 fully saturated rings. The van der Waals surface area contributed by atoms with Crippen LogP contribution in [0.3, 0.4) is 0 Å². The molecule has 1 aromatic carbocycles. The highest BCUT2D eigenvalue weighted by Gasteiger charge is 2.33. The monoisotopic (exact) mass is 249 g/mol. The molecular formula is C15H23NO2. The molecule has 100 valence electrons. The Bertz CT molecular complexity index is 392. The summed E-state index contributed by atoms with van der Waals surface area (Å²) < 4.78 is 6.00. The number of hydrogen-bond acceptors (Lipinski definition) is 3. The van der Waals surface area contributed by atoms with Gasteiger partial charge >= 0.3 is 0 Å². The van der Waals surface area contributed by atoms with Crippen LogP contribution in [0.15, 0.2) is 18.2 Å². The zero-order valence-electron chi connectivity index (χ0n) is 11.5. The molecule has 1 aromatic rings. The number of benzene rings is 1. The predicted molar refractivity (Wildman–Crippen MR) is 72.6 cm³/mol. The number of hydrogen-bond donors (Lipinski definition) is 1. The minimum Gasteiger partial charge on any atom is -0.488 e. The van der Waals surface area contributed by atoms with Crippen LogP contribution in [0.5, 0.6) is 5.75 Å². The number of ether oxygens (including phenoxy) is 1. The summed E-state index contributed by atoms with van der Waals surface area (Å²) in [4.78, 5) is 5.13. The largest absolute Gasteiger partial charge is 0.488 e. The normalized spacial score (nSPS) is 21.7. The summed E-state index contributed by atoms with van der Waals surface area (Å²) in [6.07, 6.45) is 4.62. The quantitative estimate of drug-likeness (QED) is 0.784. The van der Waals surface area contributed by atoms with Crippen LogP contribution in [0.25, 0.3) is 0 Å². The summed E-state index contributed by atoms with van der Waals surface area (Å²) >= 11 is 0. The lowest BCUT2D eigenvalue weighted by Crippen LogP contribution is -2.30. The topological polar surface area (TPSA) is 30.5 Å². The maximum absolute atomic E-state index is 6.00. The fourth-order valence-electron chi connectivity index (χ4n) is 2.60. The number of hydroxylamine groups is 1. The van der Waals surface area contributed by atoms with Gasteiger partial charge in [0.15, 0.2) is 0 Å². The number of fused-ring (bicyclic) bond motifs is 1. The summed E-state index contributed by atoms with van der Waals surface area (Å²) in [5.41, 5.74) is 5.69. The van der Waals surface area contributed by atoms with E-state index in [4.69, 9.17) is 9.57 Å². The van der Waals surface area contributed by atoms with Crippen molar-refractivity contribution >= 4 is 0 Å². The molecule has 0 amide bonds. The van der Waals surface area contributed by atoms with E-state index in [-0.39, 0.29) is 12.1 Å². The van der Waals surface area contributed by atoms with E-state index in [9.17, 15) is 0 Å². The smallest absolute Gasteiger partial charge is 0.124 e. The Hall–Kier alpha value is -1.06. The summed E-state index contributed by atoms with van der Waals surface area (Å²) in [7, 11) is 1.66. The van der Waals surface area contributed by atoms with E-state index in [1.165, 1.54) is 17.5 Å². The molecule has 0 spiro atoms. The van der Waals surface area contributed by atoms with Gasteiger partial charge in [-0.3, -0.25) is 0 Å². The molecule has 1 heterocycles.